The lowest BCUT2D eigenvalue weighted by atomic mass is 9.56. The van der Waals surface area contributed by atoms with E-state index in [1.807, 2.05) is 26.8 Å². The highest BCUT2D eigenvalue weighted by Gasteiger charge is 2.47. The molecule has 0 heterocycles. The molecule has 0 aromatic carbocycles. The summed E-state index contributed by atoms with van der Waals surface area (Å²) in [5, 5.41) is 17.7. The van der Waals surface area contributed by atoms with Gasteiger partial charge in [0.05, 0.1) is 12.7 Å². The van der Waals surface area contributed by atoms with E-state index >= 15 is 0 Å². The number of ether oxygens (including phenoxy) is 1. The van der Waals surface area contributed by atoms with Crippen LogP contribution in [0.2, 0.25) is 0 Å². The molecule has 2 aliphatic rings. The summed E-state index contributed by atoms with van der Waals surface area (Å²) in [6.45, 7) is 26.7. The number of nitriles is 1. The van der Waals surface area contributed by atoms with Crippen LogP contribution in [-0.4, -0.2) is 31.3 Å². The maximum absolute atomic E-state index is 13.4. The van der Waals surface area contributed by atoms with Gasteiger partial charge in [-0.25, -0.2) is 0 Å². The minimum atomic E-state index is -0.597. The lowest BCUT2D eigenvalue weighted by Gasteiger charge is -2.50. The summed E-state index contributed by atoms with van der Waals surface area (Å²) in [6.07, 6.45) is 15.0. The summed E-state index contributed by atoms with van der Waals surface area (Å²) in [4.78, 5) is 24.8. The first-order chi connectivity index (χ1) is 21.0. The third kappa shape index (κ3) is 9.97. The van der Waals surface area contributed by atoms with Crippen LogP contribution in [0.5, 0.6) is 0 Å². The first kappa shape index (κ1) is 38.6. The fourth-order valence-electron chi connectivity index (χ4n) is 8.02. The summed E-state index contributed by atoms with van der Waals surface area (Å²) >= 11 is 0. The van der Waals surface area contributed by atoms with E-state index in [9.17, 15) is 14.9 Å². The fraction of sp³-hybridized carbons (Fsp3) is 0.769. The van der Waals surface area contributed by atoms with Gasteiger partial charge in [0.2, 0.25) is 5.90 Å². The Kier molecular flexibility index (Phi) is 14.0. The number of rotatable bonds is 15. The van der Waals surface area contributed by atoms with Crippen LogP contribution in [0, 0.1) is 56.7 Å². The Morgan fingerprint density at radius 1 is 1.24 bits per heavy atom. The molecule has 0 aliphatic heterocycles. The highest BCUT2D eigenvalue weighted by atomic mass is 16.5. The average molecular weight is 622 g/mol. The zero-order valence-corrected chi connectivity index (χ0v) is 30.3. The smallest absolute Gasteiger partial charge is 0.208 e. The van der Waals surface area contributed by atoms with Crippen LogP contribution in [-0.2, 0) is 14.3 Å². The molecule has 0 radical (unpaired) electrons. The van der Waals surface area contributed by atoms with E-state index in [0.29, 0.717) is 35.3 Å². The van der Waals surface area contributed by atoms with Gasteiger partial charge in [0.1, 0.15) is 12.1 Å². The number of ketones is 1. The molecule has 1 fully saturated rings. The first-order valence-electron chi connectivity index (χ1n) is 17.4. The van der Waals surface area contributed by atoms with Gasteiger partial charge in [0.25, 0.3) is 0 Å². The number of nitrogens with zero attached hydrogens (tertiary/aromatic N) is 3. The topological polar surface area (TPSA) is 91.9 Å². The van der Waals surface area contributed by atoms with Crippen LogP contribution in [0.15, 0.2) is 33.5 Å². The summed E-state index contributed by atoms with van der Waals surface area (Å²) in [6, 6.07) is 2.24. The van der Waals surface area contributed by atoms with E-state index in [4.69, 9.17) is 4.74 Å². The van der Waals surface area contributed by atoms with Crippen LogP contribution < -0.4 is 0 Å². The van der Waals surface area contributed by atoms with Gasteiger partial charge in [-0.3, -0.25) is 9.59 Å². The van der Waals surface area contributed by atoms with Gasteiger partial charge in [0, 0.05) is 41.9 Å². The predicted molar refractivity (Wildman–Crippen MR) is 187 cm³/mol. The molecule has 6 nitrogen and oxygen atoms in total. The minimum absolute atomic E-state index is 0.0121. The zero-order valence-electron chi connectivity index (χ0n) is 30.3. The molecule has 5 atom stereocenters. The molecule has 0 aromatic heterocycles. The largest absolute Gasteiger partial charge is 0.479 e. The SMILES string of the molecule is C=N/N=C(/CCC)OCC1(CC[C@@H](C)C(C)(C)CCC2C(/C(C)=C/C=O)C=C(C#N)CC(=O)C2(C)C)CCC(C)(C)CC1CC. The van der Waals surface area contributed by atoms with E-state index in [0.717, 1.165) is 63.2 Å². The number of carbonyl (C=O) groups is 2. The summed E-state index contributed by atoms with van der Waals surface area (Å²) in [5.41, 5.74) is 1.31. The molecule has 4 unspecified atom stereocenters. The van der Waals surface area contributed by atoms with Crippen molar-refractivity contribution in [2.45, 2.75) is 140 Å². The molecule has 0 aromatic rings. The van der Waals surface area contributed by atoms with E-state index in [-0.39, 0.29) is 34.9 Å². The maximum atomic E-state index is 13.4. The van der Waals surface area contributed by atoms with E-state index < -0.39 is 5.41 Å². The zero-order chi connectivity index (χ0) is 34.1. The highest BCUT2D eigenvalue weighted by molar-refractivity contribution is 5.88. The first-order valence-corrected chi connectivity index (χ1v) is 17.4. The number of hydrogen-bond acceptors (Lipinski definition) is 6. The number of allylic oxidation sites excluding steroid dienone is 4. The van der Waals surface area contributed by atoms with Crippen molar-refractivity contribution in [3.8, 4) is 6.07 Å². The highest BCUT2D eigenvalue weighted by Crippen LogP contribution is 2.54. The van der Waals surface area contributed by atoms with Gasteiger partial charge < -0.3 is 4.74 Å². The molecule has 0 amide bonds. The molecule has 45 heavy (non-hydrogen) atoms. The predicted octanol–water partition coefficient (Wildman–Crippen LogP) is 10.1. The monoisotopic (exact) mass is 621 g/mol. The van der Waals surface area contributed by atoms with Gasteiger partial charge in [-0.2, -0.15) is 10.4 Å². The van der Waals surface area contributed by atoms with E-state index in [1.165, 1.54) is 12.8 Å². The Morgan fingerprint density at radius 2 is 1.93 bits per heavy atom. The third-order valence-electron chi connectivity index (χ3n) is 12.0. The normalized spacial score (nSPS) is 28.0. The second kappa shape index (κ2) is 16.3. The van der Waals surface area contributed by atoms with Crippen LogP contribution in [0.3, 0.4) is 0 Å². The molecule has 0 spiro atoms. The molecule has 252 valence electrons. The quantitative estimate of drug-likeness (QED) is 0.0598. The Balaban J connectivity index is 2.30. The summed E-state index contributed by atoms with van der Waals surface area (Å²) < 4.78 is 6.45. The van der Waals surface area contributed by atoms with Gasteiger partial charge >= 0.3 is 0 Å². The molecule has 6 heteroatoms. The lowest BCUT2D eigenvalue weighted by molar-refractivity contribution is -0.129. The molecule has 1 saturated carbocycles. The van der Waals surface area contributed by atoms with Crippen molar-refractivity contribution in [2.75, 3.05) is 6.61 Å². The number of aldehydes is 1. The van der Waals surface area contributed by atoms with Crippen LogP contribution in [0.25, 0.3) is 0 Å². The van der Waals surface area contributed by atoms with Crippen LogP contribution in [0.4, 0.5) is 0 Å². The van der Waals surface area contributed by atoms with Crippen molar-refractivity contribution < 1.29 is 14.3 Å². The molecule has 2 aliphatic carbocycles. The van der Waals surface area contributed by atoms with Gasteiger partial charge in [0.15, 0.2) is 0 Å². The lowest BCUT2D eigenvalue weighted by Crippen LogP contribution is -2.44. The van der Waals surface area contributed by atoms with Crippen LogP contribution in [0.1, 0.15) is 140 Å². The second-order valence-electron chi connectivity index (χ2n) is 16.3. The number of hydrogen-bond donors (Lipinski definition) is 0. The average Bonchev–Trinajstić information content (AvgIpc) is 3.07. The summed E-state index contributed by atoms with van der Waals surface area (Å²) in [5.74, 6) is 1.75. The van der Waals surface area contributed by atoms with Crippen molar-refractivity contribution in [1.82, 2.24) is 0 Å². The van der Waals surface area contributed by atoms with Gasteiger partial charge in [-0.05, 0) is 93.0 Å². The molecule has 2 rings (SSSR count). The van der Waals surface area contributed by atoms with Crippen molar-refractivity contribution in [1.29, 1.82) is 5.26 Å². The molecule has 0 N–H and O–H groups in total. The Bertz CT molecular complexity index is 1170. The van der Waals surface area contributed by atoms with Crippen molar-refractivity contribution in [2.24, 2.45) is 55.5 Å². The van der Waals surface area contributed by atoms with E-state index in [1.54, 1.807) is 6.08 Å². The molecular weight excluding hydrogens is 558 g/mol. The Hall–Kier alpha value is -2.55. The van der Waals surface area contributed by atoms with Crippen molar-refractivity contribution in [3.05, 3.63) is 23.3 Å². The second-order valence-corrected chi connectivity index (χ2v) is 16.3. The van der Waals surface area contributed by atoms with Gasteiger partial charge in [-0.1, -0.05) is 80.4 Å². The van der Waals surface area contributed by atoms with Crippen LogP contribution >= 0.6 is 0 Å². The molecule has 0 bridgehead atoms. The number of Topliss-reactive ketones (excluding diaryl/α,β-unsaturated/α-hetero) is 1. The Labute approximate surface area is 275 Å². The number of carbonyl (C=O) groups excluding carboxylic acids is 2. The molecular formula is C39H63N3O3. The fourth-order valence-corrected chi connectivity index (χ4v) is 8.02. The molecule has 0 saturated heterocycles. The van der Waals surface area contributed by atoms with E-state index in [2.05, 4.69) is 71.5 Å². The van der Waals surface area contributed by atoms with Crippen molar-refractivity contribution in [3.63, 3.8) is 0 Å². The minimum Gasteiger partial charge on any atom is -0.479 e. The Morgan fingerprint density at radius 3 is 2.51 bits per heavy atom. The van der Waals surface area contributed by atoms with Crippen molar-refractivity contribution >= 4 is 24.7 Å². The third-order valence-corrected chi connectivity index (χ3v) is 12.0. The maximum Gasteiger partial charge on any atom is 0.208 e. The summed E-state index contributed by atoms with van der Waals surface area (Å²) in [7, 11) is 0. The van der Waals surface area contributed by atoms with Gasteiger partial charge in [-0.15, -0.1) is 5.10 Å². The standard InChI is InChI=1S/C39H63N3O3/c1-12-14-35(42-41-11)45-27-39(21-20-36(5,6)25-31(39)13-2)19-15-29(4)37(7,8)18-16-33-32(28(3)17-22-43)23-30(26-40)24-34(44)38(33,9)10/h17,22-23,29,31-33H,11-16,18-21,24-25,27H2,1-10H3/b28-17+,42-35-/t29-,31?,32?,33?,39?/m1/s1.